The summed E-state index contributed by atoms with van der Waals surface area (Å²) in [4.78, 5) is 47.6. The van der Waals surface area contributed by atoms with Crippen LogP contribution in [0.15, 0.2) is 12.2 Å². The van der Waals surface area contributed by atoms with Crippen LogP contribution in [0.25, 0.3) is 0 Å². The lowest BCUT2D eigenvalue weighted by Gasteiger charge is -2.30. The molecular weight excluding hydrogens is 586 g/mol. The minimum Gasteiger partial charge on any atom is -0.460 e. The molecule has 0 radical (unpaired) electrons. The quantitative estimate of drug-likeness (QED) is 0.0389. The van der Waals surface area contributed by atoms with E-state index in [9.17, 15) is 24.3 Å². The van der Waals surface area contributed by atoms with Crippen molar-refractivity contribution in [1.82, 2.24) is 10.6 Å². The van der Waals surface area contributed by atoms with Crippen molar-refractivity contribution in [2.45, 2.75) is 149 Å². The summed E-state index contributed by atoms with van der Waals surface area (Å²) in [6.07, 6.45) is 19.5. The van der Waals surface area contributed by atoms with Gasteiger partial charge in [0.15, 0.2) is 6.54 Å². The predicted molar refractivity (Wildman–Crippen MR) is 184 cm³/mol. The van der Waals surface area contributed by atoms with E-state index in [4.69, 9.17) is 9.47 Å². The van der Waals surface area contributed by atoms with E-state index >= 15 is 0 Å². The Morgan fingerprint density at radius 1 is 0.761 bits per heavy atom. The lowest BCUT2D eigenvalue weighted by Crippen LogP contribution is -2.47. The number of carbonyl (C=O) groups is 4. The Bertz CT molecular complexity index is 847. The van der Waals surface area contributed by atoms with Crippen molar-refractivity contribution in [3.8, 4) is 0 Å². The Kier molecular flexibility index (Phi) is 27.2. The minimum atomic E-state index is -0.753. The number of hydrogen-bond acceptors (Lipinski definition) is 7. The summed E-state index contributed by atoms with van der Waals surface area (Å²) in [5, 5.41) is 16.6. The molecule has 0 aliphatic carbocycles. The molecule has 0 aromatic heterocycles. The Balaban J connectivity index is 4.10. The Morgan fingerprint density at radius 3 is 1.89 bits per heavy atom. The Labute approximate surface area is 280 Å². The molecule has 0 aromatic rings. The first kappa shape index (κ1) is 43.5. The molecule has 0 aromatic carbocycles. The molecule has 2 atom stereocenters. The lowest BCUT2D eigenvalue weighted by atomic mass is 10.0. The number of rotatable bonds is 30. The SMILES string of the molecule is CCCCCCCC(=O)NCCNC(=O)CCCCCCCC=CCC(O)C(CCCCC)OC(=O)C[N+](C)(C)CCOC(C)=O. The van der Waals surface area contributed by atoms with Crippen LogP contribution in [0.5, 0.6) is 0 Å². The van der Waals surface area contributed by atoms with Gasteiger partial charge in [0.25, 0.3) is 0 Å². The number of aliphatic hydroxyl groups excluding tert-OH is 1. The summed E-state index contributed by atoms with van der Waals surface area (Å²) in [5.41, 5.74) is 0. The molecule has 46 heavy (non-hydrogen) atoms. The summed E-state index contributed by atoms with van der Waals surface area (Å²) < 4.78 is 11.1. The second-order valence-corrected chi connectivity index (χ2v) is 13.1. The van der Waals surface area contributed by atoms with Crippen molar-refractivity contribution in [1.29, 1.82) is 0 Å². The second-order valence-electron chi connectivity index (χ2n) is 13.1. The van der Waals surface area contributed by atoms with Gasteiger partial charge < -0.3 is 29.7 Å². The summed E-state index contributed by atoms with van der Waals surface area (Å²) in [6, 6.07) is 0. The maximum Gasteiger partial charge on any atom is 0.362 e. The maximum atomic E-state index is 12.7. The second kappa shape index (κ2) is 28.7. The first-order valence-corrected chi connectivity index (χ1v) is 18.0. The van der Waals surface area contributed by atoms with Crippen molar-refractivity contribution >= 4 is 23.8 Å². The van der Waals surface area contributed by atoms with Crippen molar-refractivity contribution in [3.05, 3.63) is 12.2 Å². The topological polar surface area (TPSA) is 131 Å². The number of nitrogens with one attached hydrogen (secondary N) is 2. The number of likely N-dealkylation sites (N-methyl/N-ethyl adjacent to an activating group) is 1. The molecule has 10 heteroatoms. The number of amides is 2. The third-order valence-corrected chi connectivity index (χ3v) is 7.96. The van der Waals surface area contributed by atoms with E-state index in [-0.39, 0.29) is 36.9 Å². The molecule has 0 bridgehead atoms. The van der Waals surface area contributed by atoms with Gasteiger partial charge in [0.1, 0.15) is 19.3 Å². The summed E-state index contributed by atoms with van der Waals surface area (Å²) in [6.45, 7) is 7.48. The largest absolute Gasteiger partial charge is 0.460 e. The van der Waals surface area contributed by atoms with Crippen molar-refractivity contribution in [2.24, 2.45) is 0 Å². The molecule has 10 nitrogen and oxygen atoms in total. The van der Waals surface area contributed by atoms with E-state index in [1.807, 2.05) is 20.2 Å². The molecule has 0 fully saturated rings. The molecule has 0 aliphatic heterocycles. The normalized spacial score (nSPS) is 12.9. The van der Waals surface area contributed by atoms with Gasteiger partial charge in [0.2, 0.25) is 11.8 Å². The average Bonchev–Trinajstić information content (AvgIpc) is 2.99. The average molecular weight is 655 g/mol. The van der Waals surface area contributed by atoms with Crippen molar-refractivity contribution in [3.63, 3.8) is 0 Å². The van der Waals surface area contributed by atoms with Gasteiger partial charge in [0, 0.05) is 32.9 Å². The number of nitrogens with zero attached hydrogens (tertiary/aromatic N) is 1. The van der Waals surface area contributed by atoms with Crippen molar-refractivity contribution < 1.29 is 38.2 Å². The zero-order valence-electron chi connectivity index (χ0n) is 29.9. The van der Waals surface area contributed by atoms with Gasteiger partial charge in [-0.3, -0.25) is 14.4 Å². The van der Waals surface area contributed by atoms with Crippen LogP contribution in [0.2, 0.25) is 0 Å². The molecular formula is C36H68N3O7+. The molecule has 3 N–H and O–H groups in total. The smallest absolute Gasteiger partial charge is 0.362 e. The third-order valence-electron chi connectivity index (χ3n) is 7.96. The third kappa shape index (κ3) is 27.8. The zero-order chi connectivity index (χ0) is 34.5. The molecule has 0 aliphatic rings. The molecule has 0 heterocycles. The van der Waals surface area contributed by atoms with Crippen LogP contribution in [0, 0.1) is 0 Å². The fraction of sp³-hybridized carbons (Fsp3) is 0.833. The van der Waals surface area contributed by atoms with Crippen LogP contribution in [0.1, 0.15) is 136 Å². The van der Waals surface area contributed by atoms with Crippen LogP contribution in [0.4, 0.5) is 0 Å². The number of unbranched alkanes of at least 4 members (excludes halogenated alkanes) is 11. The van der Waals surface area contributed by atoms with Gasteiger partial charge in [-0.1, -0.05) is 83.8 Å². The van der Waals surface area contributed by atoms with Gasteiger partial charge in [-0.15, -0.1) is 0 Å². The minimum absolute atomic E-state index is 0.0380. The van der Waals surface area contributed by atoms with E-state index < -0.39 is 12.2 Å². The summed E-state index contributed by atoms with van der Waals surface area (Å²) in [5.74, 6) is -0.599. The van der Waals surface area contributed by atoms with E-state index in [2.05, 4.69) is 30.6 Å². The van der Waals surface area contributed by atoms with Crippen LogP contribution in [0.3, 0.4) is 0 Å². The summed E-state index contributed by atoms with van der Waals surface area (Å²) in [7, 11) is 3.77. The number of aliphatic hydroxyl groups is 1. The van der Waals surface area contributed by atoms with E-state index in [1.54, 1.807) is 0 Å². The first-order chi connectivity index (χ1) is 22.0. The first-order valence-electron chi connectivity index (χ1n) is 18.0. The highest BCUT2D eigenvalue weighted by atomic mass is 16.6. The Morgan fingerprint density at radius 2 is 1.30 bits per heavy atom. The molecule has 0 rings (SSSR count). The molecule has 2 unspecified atom stereocenters. The van der Waals surface area contributed by atoms with Gasteiger partial charge in [-0.25, -0.2) is 4.79 Å². The number of quaternary nitrogens is 1. The molecule has 268 valence electrons. The van der Waals surface area contributed by atoms with Crippen LogP contribution in [-0.2, 0) is 28.7 Å². The van der Waals surface area contributed by atoms with Gasteiger partial charge in [-0.05, 0) is 44.9 Å². The highest BCUT2D eigenvalue weighted by Crippen LogP contribution is 2.16. The number of esters is 2. The number of hydrogen-bond donors (Lipinski definition) is 3. The summed E-state index contributed by atoms with van der Waals surface area (Å²) >= 11 is 0. The number of ether oxygens (including phenoxy) is 2. The fourth-order valence-corrected chi connectivity index (χ4v) is 5.05. The zero-order valence-corrected chi connectivity index (χ0v) is 29.9. The lowest BCUT2D eigenvalue weighted by molar-refractivity contribution is -0.883. The highest BCUT2D eigenvalue weighted by molar-refractivity contribution is 5.77. The molecule has 0 saturated heterocycles. The number of allylic oxidation sites excluding steroid dienone is 1. The van der Waals surface area contributed by atoms with Crippen LogP contribution < -0.4 is 10.6 Å². The van der Waals surface area contributed by atoms with E-state index in [0.717, 1.165) is 70.6 Å². The Hall–Kier alpha value is -2.46. The van der Waals surface area contributed by atoms with Crippen LogP contribution >= 0.6 is 0 Å². The molecule has 2 amide bonds. The predicted octanol–water partition coefficient (Wildman–Crippen LogP) is 5.75. The monoisotopic (exact) mass is 655 g/mol. The fourth-order valence-electron chi connectivity index (χ4n) is 5.05. The van der Waals surface area contributed by atoms with Crippen LogP contribution in [-0.4, -0.2) is 92.4 Å². The van der Waals surface area contributed by atoms with Gasteiger partial charge in [-0.2, -0.15) is 0 Å². The maximum absolute atomic E-state index is 12.7. The van der Waals surface area contributed by atoms with E-state index in [0.29, 0.717) is 49.8 Å². The standard InChI is InChI=1S/C36H67N3O7/c1-6-8-10-15-20-24-34(42)37-26-27-38-35(43)25-21-17-14-12-11-13-16-19-22-32(41)33(23-18-9-7-2)46-36(44)30-39(4,5)28-29-45-31(3)40/h16,19,32-33,41H,6-15,17-18,20-30H2,1-5H3,(H-,37,38,42,43)/p+1. The highest BCUT2D eigenvalue weighted by Gasteiger charge is 2.27. The molecule has 0 saturated carbocycles. The van der Waals surface area contributed by atoms with Gasteiger partial charge in [0.05, 0.1) is 20.2 Å². The van der Waals surface area contributed by atoms with Gasteiger partial charge >= 0.3 is 11.9 Å². The van der Waals surface area contributed by atoms with E-state index in [1.165, 1.54) is 26.2 Å². The molecule has 0 spiro atoms. The van der Waals surface area contributed by atoms with Crippen molar-refractivity contribution in [2.75, 3.05) is 46.9 Å². The number of carbonyl (C=O) groups excluding carboxylic acids is 4.